The SMILES string of the molecule is COc1cc(C)c(S(=O)(=O)NCCNC2CC2)c(C)c1. The zero-order valence-corrected chi connectivity index (χ0v) is 13.0. The van der Waals surface area contributed by atoms with E-state index in [-0.39, 0.29) is 0 Å². The van der Waals surface area contributed by atoms with Crippen LogP contribution in [0.25, 0.3) is 0 Å². The Balaban J connectivity index is 2.07. The van der Waals surface area contributed by atoms with Crippen molar-refractivity contribution in [3.8, 4) is 5.75 Å². The van der Waals surface area contributed by atoms with E-state index in [2.05, 4.69) is 10.0 Å². The lowest BCUT2D eigenvalue weighted by Crippen LogP contribution is -2.33. The lowest BCUT2D eigenvalue weighted by molar-refractivity contribution is 0.413. The molecule has 1 saturated carbocycles. The summed E-state index contributed by atoms with van der Waals surface area (Å²) in [5, 5.41) is 3.28. The van der Waals surface area contributed by atoms with Gasteiger partial charge in [0.25, 0.3) is 0 Å². The van der Waals surface area contributed by atoms with Crippen LogP contribution >= 0.6 is 0 Å². The van der Waals surface area contributed by atoms with Crippen molar-refractivity contribution in [1.82, 2.24) is 10.0 Å². The van der Waals surface area contributed by atoms with E-state index < -0.39 is 10.0 Å². The first-order valence-electron chi connectivity index (χ1n) is 6.82. The van der Waals surface area contributed by atoms with E-state index in [1.54, 1.807) is 33.1 Å². The highest BCUT2D eigenvalue weighted by Gasteiger charge is 2.22. The maximum atomic E-state index is 12.4. The second-order valence-corrected chi connectivity index (χ2v) is 6.92. The van der Waals surface area contributed by atoms with Crippen molar-refractivity contribution in [2.75, 3.05) is 20.2 Å². The van der Waals surface area contributed by atoms with Crippen molar-refractivity contribution >= 4 is 10.0 Å². The van der Waals surface area contributed by atoms with Gasteiger partial charge >= 0.3 is 0 Å². The molecule has 0 bridgehead atoms. The van der Waals surface area contributed by atoms with Crippen LogP contribution in [0.5, 0.6) is 5.75 Å². The molecule has 0 aliphatic heterocycles. The minimum atomic E-state index is -3.47. The van der Waals surface area contributed by atoms with Gasteiger partial charge in [-0.05, 0) is 49.9 Å². The average molecular weight is 298 g/mol. The molecule has 0 radical (unpaired) electrons. The molecule has 1 aliphatic carbocycles. The molecular formula is C14H22N2O3S. The summed E-state index contributed by atoms with van der Waals surface area (Å²) in [5.74, 6) is 0.675. The third-order valence-corrected chi connectivity index (χ3v) is 5.13. The quantitative estimate of drug-likeness (QED) is 0.746. The fourth-order valence-electron chi connectivity index (χ4n) is 2.27. The third-order valence-electron chi connectivity index (χ3n) is 3.37. The lowest BCUT2D eigenvalue weighted by atomic mass is 10.1. The monoisotopic (exact) mass is 298 g/mol. The van der Waals surface area contributed by atoms with Crippen LogP contribution in [0, 0.1) is 13.8 Å². The number of rotatable bonds is 7. The normalized spacial score (nSPS) is 15.3. The summed E-state index contributed by atoms with van der Waals surface area (Å²) < 4.78 is 32.5. The number of nitrogens with one attached hydrogen (secondary N) is 2. The number of ether oxygens (including phenoxy) is 1. The summed E-state index contributed by atoms with van der Waals surface area (Å²) in [6, 6.07) is 4.07. The Hall–Kier alpha value is -1.11. The Morgan fingerprint density at radius 2 is 1.80 bits per heavy atom. The maximum absolute atomic E-state index is 12.4. The Morgan fingerprint density at radius 1 is 1.20 bits per heavy atom. The van der Waals surface area contributed by atoms with Gasteiger partial charge < -0.3 is 10.1 Å². The summed E-state index contributed by atoms with van der Waals surface area (Å²) >= 11 is 0. The molecule has 2 N–H and O–H groups in total. The Labute approximate surface area is 120 Å². The maximum Gasteiger partial charge on any atom is 0.241 e. The van der Waals surface area contributed by atoms with Crippen molar-refractivity contribution in [3.05, 3.63) is 23.3 Å². The first kappa shape index (κ1) is 15.3. The standard InChI is InChI=1S/C14H22N2O3S/c1-10-8-13(19-3)9-11(2)14(10)20(17,18)16-7-6-15-12-4-5-12/h8-9,12,15-16H,4-7H2,1-3H3. The van der Waals surface area contributed by atoms with Crippen molar-refractivity contribution in [2.24, 2.45) is 0 Å². The fraction of sp³-hybridized carbons (Fsp3) is 0.571. The minimum Gasteiger partial charge on any atom is -0.497 e. The van der Waals surface area contributed by atoms with Crippen molar-refractivity contribution < 1.29 is 13.2 Å². The predicted octanol–water partition coefficient (Wildman–Crippen LogP) is 1.34. The molecular weight excluding hydrogens is 276 g/mol. The molecule has 1 aliphatic rings. The smallest absolute Gasteiger partial charge is 0.241 e. The van der Waals surface area contributed by atoms with Crippen LogP contribution in [0.15, 0.2) is 17.0 Å². The highest BCUT2D eigenvalue weighted by Crippen LogP contribution is 2.25. The largest absolute Gasteiger partial charge is 0.497 e. The van der Waals surface area contributed by atoms with Crippen LogP contribution in [0.3, 0.4) is 0 Å². The van der Waals surface area contributed by atoms with Crippen molar-refractivity contribution in [3.63, 3.8) is 0 Å². The summed E-state index contributed by atoms with van der Waals surface area (Å²) in [6.45, 7) is 4.64. The number of methoxy groups -OCH3 is 1. The van der Waals surface area contributed by atoms with Gasteiger partial charge in [-0.2, -0.15) is 0 Å². The second kappa shape index (κ2) is 6.11. The van der Waals surface area contributed by atoms with E-state index in [9.17, 15) is 8.42 Å². The number of sulfonamides is 1. The zero-order chi connectivity index (χ0) is 14.8. The molecule has 20 heavy (non-hydrogen) atoms. The fourth-order valence-corrected chi connectivity index (χ4v) is 3.75. The highest BCUT2D eigenvalue weighted by molar-refractivity contribution is 7.89. The Kier molecular flexibility index (Phi) is 4.67. The third kappa shape index (κ3) is 3.71. The topological polar surface area (TPSA) is 67.4 Å². The molecule has 0 heterocycles. The highest BCUT2D eigenvalue weighted by atomic mass is 32.2. The molecule has 0 saturated heterocycles. The number of hydrogen-bond donors (Lipinski definition) is 2. The summed E-state index contributed by atoms with van der Waals surface area (Å²) in [6.07, 6.45) is 2.40. The van der Waals surface area contributed by atoms with Crippen LogP contribution in [0.1, 0.15) is 24.0 Å². The molecule has 1 aromatic carbocycles. The predicted molar refractivity (Wildman–Crippen MR) is 78.7 cm³/mol. The Morgan fingerprint density at radius 3 is 2.30 bits per heavy atom. The van der Waals surface area contributed by atoms with Crippen LogP contribution in [0.4, 0.5) is 0 Å². The molecule has 0 unspecified atom stereocenters. The molecule has 112 valence electrons. The molecule has 0 spiro atoms. The molecule has 2 rings (SSSR count). The van der Waals surface area contributed by atoms with Gasteiger partial charge in [0.15, 0.2) is 0 Å². The van der Waals surface area contributed by atoms with E-state index in [1.807, 2.05) is 0 Å². The zero-order valence-electron chi connectivity index (χ0n) is 12.2. The summed E-state index contributed by atoms with van der Waals surface area (Å²) in [4.78, 5) is 0.352. The summed E-state index contributed by atoms with van der Waals surface area (Å²) in [5.41, 5.74) is 1.40. The second-order valence-electron chi connectivity index (χ2n) is 5.22. The van der Waals surface area contributed by atoms with Crippen LogP contribution in [0.2, 0.25) is 0 Å². The average Bonchev–Trinajstić information content (AvgIpc) is 3.17. The van der Waals surface area contributed by atoms with E-state index in [0.717, 1.165) is 0 Å². The van der Waals surface area contributed by atoms with Crippen molar-refractivity contribution in [1.29, 1.82) is 0 Å². The summed E-state index contributed by atoms with van der Waals surface area (Å²) in [7, 11) is -1.90. The minimum absolute atomic E-state index is 0.352. The van der Waals surface area contributed by atoms with Crippen LogP contribution in [-0.4, -0.2) is 34.7 Å². The van der Waals surface area contributed by atoms with Gasteiger partial charge in [0.05, 0.1) is 12.0 Å². The molecule has 1 fully saturated rings. The number of benzene rings is 1. The van der Waals surface area contributed by atoms with Crippen LogP contribution in [-0.2, 0) is 10.0 Å². The molecule has 1 aromatic rings. The Bertz CT molecular complexity index is 557. The number of aryl methyl sites for hydroxylation is 2. The van der Waals surface area contributed by atoms with Gasteiger partial charge in [-0.15, -0.1) is 0 Å². The van der Waals surface area contributed by atoms with Crippen LogP contribution < -0.4 is 14.8 Å². The van der Waals surface area contributed by atoms with Gasteiger partial charge in [0.2, 0.25) is 10.0 Å². The van der Waals surface area contributed by atoms with E-state index in [0.29, 0.717) is 40.9 Å². The van der Waals surface area contributed by atoms with E-state index >= 15 is 0 Å². The lowest BCUT2D eigenvalue weighted by Gasteiger charge is -2.13. The van der Waals surface area contributed by atoms with Crippen molar-refractivity contribution in [2.45, 2.75) is 37.6 Å². The molecule has 0 amide bonds. The van der Waals surface area contributed by atoms with Gasteiger partial charge in [-0.25, -0.2) is 13.1 Å². The van der Waals surface area contributed by atoms with Gasteiger partial charge in [-0.1, -0.05) is 0 Å². The number of hydrogen-bond acceptors (Lipinski definition) is 4. The molecule has 5 nitrogen and oxygen atoms in total. The van der Waals surface area contributed by atoms with E-state index in [1.165, 1.54) is 12.8 Å². The first-order valence-corrected chi connectivity index (χ1v) is 8.30. The van der Waals surface area contributed by atoms with E-state index in [4.69, 9.17) is 4.74 Å². The molecule has 0 aromatic heterocycles. The van der Waals surface area contributed by atoms with Gasteiger partial charge in [-0.3, -0.25) is 0 Å². The molecule has 6 heteroatoms. The molecule has 0 atom stereocenters. The first-order chi connectivity index (χ1) is 9.44. The van der Waals surface area contributed by atoms with Gasteiger partial charge in [0.1, 0.15) is 5.75 Å². The van der Waals surface area contributed by atoms with Gasteiger partial charge in [0, 0.05) is 19.1 Å².